The number of ether oxygens (including phenoxy) is 2. The van der Waals surface area contributed by atoms with Crippen molar-refractivity contribution in [1.29, 1.82) is 0 Å². The van der Waals surface area contributed by atoms with Crippen LogP contribution in [0.3, 0.4) is 0 Å². The van der Waals surface area contributed by atoms with Gasteiger partial charge in [0.1, 0.15) is 29.1 Å². The molecule has 1 amide bonds. The number of alkyl halides is 6. The topological polar surface area (TPSA) is 77.4 Å². The highest BCUT2D eigenvalue weighted by Gasteiger charge is 2.31. The van der Waals surface area contributed by atoms with E-state index in [0.717, 1.165) is 25.0 Å². The molecule has 0 saturated heterocycles. The summed E-state index contributed by atoms with van der Waals surface area (Å²) in [6.45, 7) is 1.35. The summed E-state index contributed by atoms with van der Waals surface area (Å²) in [5.41, 5.74) is 2.90. The Morgan fingerprint density at radius 1 is 1.00 bits per heavy atom. The number of aromatic nitrogens is 2. The first-order valence-corrected chi connectivity index (χ1v) is 12.6. The zero-order valence-electron chi connectivity index (χ0n) is 21.6. The van der Waals surface area contributed by atoms with Gasteiger partial charge in [-0.15, -0.1) is 13.2 Å². The molecule has 1 fully saturated rings. The number of hydrogen-bond donors (Lipinski definition) is 2. The molecule has 0 atom stereocenters. The lowest BCUT2D eigenvalue weighted by atomic mass is 10.1. The van der Waals surface area contributed by atoms with Crippen molar-refractivity contribution < 1.29 is 40.6 Å². The van der Waals surface area contributed by atoms with Crippen LogP contribution in [0.5, 0.6) is 17.2 Å². The van der Waals surface area contributed by atoms with E-state index in [2.05, 4.69) is 20.4 Å². The number of carbonyl (C=O) groups excluding carboxylic acids is 1. The molecule has 1 aliphatic rings. The van der Waals surface area contributed by atoms with Gasteiger partial charge in [-0.1, -0.05) is 6.07 Å². The zero-order valence-corrected chi connectivity index (χ0v) is 21.6. The van der Waals surface area contributed by atoms with Gasteiger partial charge in [0.05, 0.1) is 17.6 Å². The SMILES string of the molecule is Cc1cc(-n2cnc3c(NCCC(F)(F)F)cc(Oc4cccc(OC(F)(F)F)c4)cc32)ccc1C(=O)NC1CC1. The van der Waals surface area contributed by atoms with Crippen LogP contribution in [0.1, 0.15) is 35.2 Å². The monoisotopic (exact) mass is 578 g/mol. The second-order valence-corrected chi connectivity index (χ2v) is 9.62. The molecule has 0 radical (unpaired) electrons. The van der Waals surface area contributed by atoms with E-state index in [-0.39, 0.29) is 29.1 Å². The number of amides is 1. The fraction of sp³-hybridized carbons (Fsp3) is 0.286. The molecule has 2 N–H and O–H groups in total. The number of fused-ring (bicyclic) bond motifs is 1. The summed E-state index contributed by atoms with van der Waals surface area (Å²) in [6.07, 6.45) is -6.99. The Morgan fingerprint density at radius 2 is 1.76 bits per heavy atom. The summed E-state index contributed by atoms with van der Waals surface area (Å²) < 4.78 is 87.9. The van der Waals surface area contributed by atoms with Crippen molar-refractivity contribution in [2.24, 2.45) is 0 Å². The minimum atomic E-state index is -4.90. The van der Waals surface area contributed by atoms with E-state index in [1.807, 2.05) is 0 Å². The lowest BCUT2D eigenvalue weighted by Crippen LogP contribution is -2.26. The fourth-order valence-corrected chi connectivity index (χ4v) is 4.24. The van der Waals surface area contributed by atoms with E-state index in [1.54, 1.807) is 35.8 Å². The first-order valence-electron chi connectivity index (χ1n) is 12.6. The third-order valence-electron chi connectivity index (χ3n) is 6.27. The van der Waals surface area contributed by atoms with Gasteiger partial charge in [0, 0.05) is 42.0 Å². The molecular weight excluding hydrogens is 554 g/mol. The summed E-state index contributed by atoms with van der Waals surface area (Å²) in [5, 5.41) is 5.68. The molecule has 3 aromatic carbocycles. The van der Waals surface area contributed by atoms with Crippen molar-refractivity contribution in [2.75, 3.05) is 11.9 Å². The molecule has 1 heterocycles. The van der Waals surface area contributed by atoms with Crippen LogP contribution >= 0.6 is 0 Å². The van der Waals surface area contributed by atoms with E-state index in [0.29, 0.717) is 27.8 Å². The van der Waals surface area contributed by atoms with Crippen molar-refractivity contribution >= 4 is 22.6 Å². The molecule has 216 valence electrons. The molecule has 0 bridgehead atoms. The number of rotatable bonds is 9. The summed E-state index contributed by atoms with van der Waals surface area (Å²) in [6, 6.07) is 13.2. The first-order chi connectivity index (χ1) is 19.3. The van der Waals surface area contributed by atoms with E-state index >= 15 is 0 Å². The second kappa shape index (κ2) is 10.9. The number of carbonyl (C=O) groups is 1. The highest BCUT2D eigenvalue weighted by molar-refractivity contribution is 5.96. The number of hydrogen-bond acceptors (Lipinski definition) is 5. The van der Waals surface area contributed by atoms with E-state index in [4.69, 9.17) is 4.74 Å². The number of anilines is 1. The largest absolute Gasteiger partial charge is 0.573 e. The van der Waals surface area contributed by atoms with Gasteiger partial charge >= 0.3 is 12.5 Å². The van der Waals surface area contributed by atoms with Crippen LogP contribution < -0.4 is 20.1 Å². The molecule has 1 aliphatic carbocycles. The highest BCUT2D eigenvalue weighted by Crippen LogP contribution is 2.35. The summed E-state index contributed by atoms with van der Waals surface area (Å²) >= 11 is 0. The van der Waals surface area contributed by atoms with Gasteiger partial charge in [-0.2, -0.15) is 13.2 Å². The van der Waals surface area contributed by atoms with Gasteiger partial charge in [0.25, 0.3) is 5.91 Å². The maximum atomic E-state index is 12.8. The molecule has 7 nitrogen and oxygen atoms in total. The third-order valence-corrected chi connectivity index (χ3v) is 6.27. The van der Waals surface area contributed by atoms with Crippen LogP contribution in [0.25, 0.3) is 16.7 Å². The minimum absolute atomic E-state index is 0.0141. The Balaban J connectivity index is 1.49. The van der Waals surface area contributed by atoms with Gasteiger partial charge < -0.3 is 20.1 Å². The van der Waals surface area contributed by atoms with Crippen molar-refractivity contribution in [2.45, 2.75) is 44.8 Å². The molecule has 1 saturated carbocycles. The summed E-state index contributed by atoms with van der Waals surface area (Å²) in [5.74, 6) is -0.517. The van der Waals surface area contributed by atoms with Gasteiger partial charge in [-0.05, 0) is 55.7 Å². The standard InChI is InChI=1S/C28H24F6N4O3/c1-16-11-18(7-8-22(16)26(39)37-17-5-6-17)38-15-36-25-23(35-10-9-27(29,30)31)13-21(14-24(25)38)40-19-3-2-4-20(12-19)41-28(32,33)34/h2-4,7-8,11-15,17,35H,5-6,9-10H2,1H3,(H,37,39). The summed E-state index contributed by atoms with van der Waals surface area (Å²) in [4.78, 5) is 16.9. The van der Waals surface area contributed by atoms with Crippen molar-refractivity contribution in [3.8, 4) is 22.9 Å². The van der Waals surface area contributed by atoms with Crippen molar-refractivity contribution in [3.63, 3.8) is 0 Å². The lowest BCUT2D eigenvalue weighted by molar-refractivity contribution is -0.274. The lowest BCUT2D eigenvalue weighted by Gasteiger charge is -2.14. The molecule has 0 unspecified atom stereocenters. The number of nitrogens with one attached hydrogen (secondary N) is 2. The van der Waals surface area contributed by atoms with Crippen LogP contribution in [-0.4, -0.2) is 40.6 Å². The molecule has 1 aromatic heterocycles. The predicted octanol–water partition coefficient (Wildman–Crippen LogP) is 7.28. The smallest absolute Gasteiger partial charge is 0.457 e. The summed E-state index contributed by atoms with van der Waals surface area (Å²) in [7, 11) is 0. The third kappa shape index (κ3) is 7.21. The van der Waals surface area contributed by atoms with E-state index in [9.17, 15) is 31.1 Å². The predicted molar refractivity (Wildman–Crippen MR) is 139 cm³/mol. The molecular formula is C28H24F6N4O3. The second-order valence-electron chi connectivity index (χ2n) is 9.62. The van der Waals surface area contributed by atoms with Crippen LogP contribution in [0.15, 0.2) is 60.9 Å². The number of imidazole rings is 1. The Morgan fingerprint density at radius 3 is 2.44 bits per heavy atom. The normalized spacial score (nSPS) is 13.7. The Kier molecular flexibility index (Phi) is 7.45. The Labute approximate surface area is 230 Å². The first kappa shape index (κ1) is 28.1. The number of nitrogens with zero attached hydrogens (tertiary/aromatic N) is 2. The molecule has 4 aromatic rings. The average Bonchev–Trinajstić information content (AvgIpc) is 3.57. The number of benzene rings is 3. The number of halogens is 6. The minimum Gasteiger partial charge on any atom is -0.457 e. The van der Waals surface area contributed by atoms with Gasteiger partial charge in [-0.25, -0.2) is 4.98 Å². The average molecular weight is 579 g/mol. The van der Waals surface area contributed by atoms with Crippen molar-refractivity contribution in [3.05, 3.63) is 72.1 Å². The molecule has 0 aliphatic heterocycles. The van der Waals surface area contributed by atoms with Crippen molar-refractivity contribution in [1.82, 2.24) is 14.9 Å². The van der Waals surface area contributed by atoms with Crippen LogP contribution in [-0.2, 0) is 0 Å². The highest BCUT2D eigenvalue weighted by atomic mass is 19.4. The van der Waals surface area contributed by atoms with Crippen LogP contribution in [0, 0.1) is 6.92 Å². The quantitative estimate of drug-likeness (QED) is 0.204. The van der Waals surface area contributed by atoms with Gasteiger partial charge in [0.2, 0.25) is 0 Å². The molecule has 5 rings (SSSR count). The molecule has 13 heteroatoms. The molecule has 0 spiro atoms. The molecule has 41 heavy (non-hydrogen) atoms. The zero-order chi connectivity index (χ0) is 29.4. The fourth-order valence-electron chi connectivity index (χ4n) is 4.24. The Bertz CT molecular complexity index is 1580. The van der Waals surface area contributed by atoms with Crippen LogP contribution in [0.2, 0.25) is 0 Å². The van der Waals surface area contributed by atoms with Crippen LogP contribution in [0.4, 0.5) is 32.0 Å². The van der Waals surface area contributed by atoms with E-state index in [1.165, 1.54) is 24.5 Å². The van der Waals surface area contributed by atoms with E-state index < -0.39 is 31.3 Å². The number of aryl methyl sites for hydroxylation is 1. The maximum Gasteiger partial charge on any atom is 0.573 e. The van der Waals surface area contributed by atoms with Gasteiger partial charge in [0.15, 0.2) is 0 Å². The maximum absolute atomic E-state index is 12.8. The Hall–Kier alpha value is -4.42. The van der Waals surface area contributed by atoms with Gasteiger partial charge in [-0.3, -0.25) is 9.36 Å².